The number of rotatable bonds is 9. The van der Waals surface area contributed by atoms with Gasteiger partial charge in [-0.05, 0) is 31.5 Å². The number of hydrogen-bond donors (Lipinski definition) is 1. The molecule has 0 radical (unpaired) electrons. The molecule has 1 rings (SSSR count). The van der Waals surface area contributed by atoms with E-state index in [9.17, 15) is 0 Å². The van der Waals surface area contributed by atoms with E-state index in [1.165, 1.54) is 19.3 Å². The van der Waals surface area contributed by atoms with Crippen molar-refractivity contribution in [3.63, 3.8) is 0 Å². The van der Waals surface area contributed by atoms with Gasteiger partial charge in [-0.15, -0.1) is 0 Å². The Bertz CT molecular complexity index is 368. The molecule has 108 valence electrons. The maximum Gasteiger partial charge on any atom is 0.128 e. The van der Waals surface area contributed by atoms with Crippen LogP contribution >= 0.6 is 11.6 Å². The van der Waals surface area contributed by atoms with E-state index in [0.29, 0.717) is 0 Å². The highest BCUT2D eigenvalue weighted by atomic mass is 35.5. The quantitative estimate of drug-likeness (QED) is 0.698. The lowest BCUT2D eigenvalue weighted by Crippen LogP contribution is -2.21. The summed E-state index contributed by atoms with van der Waals surface area (Å²) in [7, 11) is 2.09. The maximum atomic E-state index is 6.19. The Morgan fingerprint density at radius 3 is 2.68 bits per heavy atom. The lowest BCUT2D eigenvalue weighted by molar-refractivity contribution is 0.661. The predicted octanol–water partition coefficient (Wildman–Crippen LogP) is 3.86. The van der Waals surface area contributed by atoms with Crippen LogP contribution in [0.15, 0.2) is 12.1 Å². The molecule has 1 aromatic heterocycles. The lowest BCUT2D eigenvalue weighted by atomic mass is 10.2. The molecular weight excluding hydrogens is 258 g/mol. The molecule has 0 spiro atoms. The molecule has 0 fully saturated rings. The summed E-state index contributed by atoms with van der Waals surface area (Å²) in [6.07, 6.45) is 4.84. The molecule has 1 N–H and O–H groups in total. The molecule has 0 aliphatic rings. The molecule has 3 nitrogen and oxygen atoms in total. The van der Waals surface area contributed by atoms with Crippen LogP contribution in [0.3, 0.4) is 0 Å². The molecule has 0 bridgehead atoms. The Hall–Kier alpha value is -0.800. The molecule has 4 heteroatoms. The van der Waals surface area contributed by atoms with E-state index >= 15 is 0 Å². The van der Waals surface area contributed by atoms with Crippen LogP contribution < -0.4 is 10.2 Å². The second-order valence-electron chi connectivity index (χ2n) is 4.90. The number of aromatic nitrogens is 1. The Kier molecular flexibility index (Phi) is 7.84. The summed E-state index contributed by atoms with van der Waals surface area (Å²) in [5.41, 5.74) is 0.940. The molecule has 0 amide bonds. The van der Waals surface area contributed by atoms with Gasteiger partial charge in [-0.3, -0.25) is 0 Å². The third kappa shape index (κ3) is 5.79. The number of halogens is 1. The smallest absolute Gasteiger partial charge is 0.128 e. The number of hydrogen-bond acceptors (Lipinski definition) is 3. The second kappa shape index (κ2) is 9.16. The molecular formula is C15H26ClN3. The highest BCUT2D eigenvalue weighted by molar-refractivity contribution is 6.31. The van der Waals surface area contributed by atoms with Crippen molar-refractivity contribution in [2.45, 2.75) is 46.1 Å². The number of nitrogens with one attached hydrogen (secondary N) is 1. The molecule has 1 heterocycles. The van der Waals surface area contributed by atoms with Crippen LogP contribution in [0.4, 0.5) is 5.82 Å². The minimum atomic E-state index is 0.739. The van der Waals surface area contributed by atoms with Crippen molar-refractivity contribution in [1.82, 2.24) is 10.3 Å². The van der Waals surface area contributed by atoms with E-state index in [1.807, 2.05) is 12.1 Å². The zero-order valence-electron chi connectivity index (χ0n) is 12.4. The van der Waals surface area contributed by atoms with Crippen LogP contribution in [0.1, 0.15) is 45.2 Å². The highest BCUT2D eigenvalue weighted by Gasteiger charge is 2.07. The number of unbranched alkanes of at least 4 members (excludes halogenated alkanes) is 2. The number of nitrogens with zero attached hydrogens (tertiary/aromatic N) is 2. The molecule has 19 heavy (non-hydrogen) atoms. The SMILES string of the molecule is CCCCCN(C)c1ccc(Cl)c(CNCCC)n1. The average molecular weight is 284 g/mol. The standard InChI is InChI=1S/C15H26ClN3/c1-4-6-7-11-19(3)15-9-8-13(16)14(18-15)12-17-10-5-2/h8-9,17H,4-7,10-12H2,1-3H3. The van der Waals surface area contributed by atoms with E-state index < -0.39 is 0 Å². The van der Waals surface area contributed by atoms with Gasteiger partial charge in [-0.25, -0.2) is 4.98 Å². The topological polar surface area (TPSA) is 28.2 Å². The highest BCUT2D eigenvalue weighted by Crippen LogP contribution is 2.19. The van der Waals surface area contributed by atoms with Crippen molar-refractivity contribution in [3.05, 3.63) is 22.8 Å². The lowest BCUT2D eigenvalue weighted by Gasteiger charge is -2.19. The summed E-state index contributed by atoms with van der Waals surface area (Å²) in [4.78, 5) is 6.86. The van der Waals surface area contributed by atoms with Crippen LogP contribution in [0.5, 0.6) is 0 Å². The fourth-order valence-electron chi connectivity index (χ4n) is 1.91. The molecule has 0 aromatic carbocycles. The van der Waals surface area contributed by atoms with E-state index in [0.717, 1.165) is 42.6 Å². The van der Waals surface area contributed by atoms with Crippen molar-refractivity contribution < 1.29 is 0 Å². The Labute approximate surface area is 122 Å². The van der Waals surface area contributed by atoms with Crippen LogP contribution in [0.25, 0.3) is 0 Å². The fraction of sp³-hybridized carbons (Fsp3) is 0.667. The van der Waals surface area contributed by atoms with Gasteiger partial charge in [-0.1, -0.05) is 38.3 Å². The summed E-state index contributed by atoms with van der Waals surface area (Å²) in [6, 6.07) is 3.95. The Balaban J connectivity index is 2.60. The first-order valence-corrected chi connectivity index (χ1v) is 7.64. The van der Waals surface area contributed by atoms with E-state index in [1.54, 1.807) is 0 Å². The summed E-state index contributed by atoms with van der Waals surface area (Å²) >= 11 is 6.19. The van der Waals surface area contributed by atoms with Gasteiger partial charge < -0.3 is 10.2 Å². The van der Waals surface area contributed by atoms with Gasteiger partial charge in [0.15, 0.2) is 0 Å². The first-order valence-electron chi connectivity index (χ1n) is 7.26. The fourth-order valence-corrected chi connectivity index (χ4v) is 2.08. The number of pyridine rings is 1. The van der Waals surface area contributed by atoms with Crippen LogP contribution in [0.2, 0.25) is 5.02 Å². The zero-order valence-corrected chi connectivity index (χ0v) is 13.1. The minimum Gasteiger partial charge on any atom is -0.360 e. The second-order valence-corrected chi connectivity index (χ2v) is 5.31. The summed E-state index contributed by atoms with van der Waals surface area (Å²) in [5, 5.41) is 4.09. The van der Waals surface area contributed by atoms with E-state index in [2.05, 4.69) is 36.1 Å². The first kappa shape index (κ1) is 16.3. The average Bonchev–Trinajstić information content (AvgIpc) is 2.41. The zero-order chi connectivity index (χ0) is 14.1. The minimum absolute atomic E-state index is 0.739. The van der Waals surface area contributed by atoms with Gasteiger partial charge in [-0.2, -0.15) is 0 Å². The largest absolute Gasteiger partial charge is 0.360 e. The van der Waals surface area contributed by atoms with E-state index in [-0.39, 0.29) is 0 Å². The van der Waals surface area contributed by atoms with Crippen LogP contribution in [0, 0.1) is 0 Å². The Morgan fingerprint density at radius 1 is 1.21 bits per heavy atom. The summed E-state index contributed by atoms with van der Waals surface area (Å²) < 4.78 is 0. The van der Waals surface area contributed by atoms with Crippen LogP contribution in [-0.4, -0.2) is 25.1 Å². The van der Waals surface area contributed by atoms with Gasteiger partial charge in [0.25, 0.3) is 0 Å². The third-order valence-electron chi connectivity index (χ3n) is 3.11. The van der Waals surface area contributed by atoms with Crippen LogP contribution in [-0.2, 0) is 6.54 Å². The first-order chi connectivity index (χ1) is 9.19. The van der Waals surface area contributed by atoms with Gasteiger partial charge in [0.2, 0.25) is 0 Å². The molecule has 0 atom stereocenters. The summed E-state index contributed by atoms with van der Waals surface area (Å²) in [6.45, 7) is 7.15. The van der Waals surface area contributed by atoms with Gasteiger partial charge in [0.1, 0.15) is 5.82 Å². The normalized spacial score (nSPS) is 10.7. The van der Waals surface area contributed by atoms with E-state index in [4.69, 9.17) is 11.6 Å². The van der Waals surface area contributed by atoms with Gasteiger partial charge in [0.05, 0.1) is 10.7 Å². The summed E-state index contributed by atoms with van der Waals surface area (Å²) in [5.74, 6) is 1.01. The molecule has 0 saturated heterocycles. The molecule has 0 aliphatic carbocycles. The molecule has 1 aromatic rings. The van der Waals surface area contributed by atoms with Gasteiger partial charge >= 0.3 is 0 Å². The molecule has 0 saturated carbocycles. The van der Waals surface area contributed by atoms with Crippen molar-refractivity contribution >= 4 is 17.4 Å². The third-order valence-corrected chi connectivity index (χ3v) is 3.46. The van der Waals surface area contributed by atoms with Crippen molar-refractivity contribution in [1.29, 1.82) is 0 Å². The monoisotopic (exact) mass is 283 g/mol. The number of anilines is 1. The predicted molar refractivity (Wildman–Crippen MR) is 84.0 cm³/mol. The van der Waals surface area contributed by atoms with Crippen molar-refractivity contribution in [2.24, 2.45) is 0 Å². The van der Waals surface area contributed by atoms with Gasteiger partial charge in [0, 0.05) is 20.1 Å². The molecule has 0 unspecified atom stereocenters. The van der Waals surface area contributed by atoms with Crippen molar-refractivity contribution in [3.8, 4) is 0 Å². The molecule has 0 aliphatic heterocycles. The van der Waals surface area contributed by atoms with Crippen molar-refractivity contribution in [2.75, 3.05) is 25.0 Å². The Morgan fingerprint density at radius 2 is 2.00 bits per heavy atom. The maximum absolute atomic E-state index is 6.19.